The van der Waals surface area contributed by atoms with Crippen LogP contribution in [0.25, 0.3) is 0 Å². The van der Waals surface area contributed by atoms with Crippen molar-refractivity contribution in [1.29, 1.82) is 0 Å². The highest BCUT2D eigenvalue weighted by atomic mass is 19.4. The summed E-state index contributed by atoms with van der Waals surface area (Å²) in [7, 11) is 0. The number of amides is 1. The van der Waals surface area contributed by atoms with E-state index in [4.69, 9.17) is 5.73 Å². The Hall–Kier alpha value is -1.67. The molecular weight excluding hydrogens is 304 g/mol. The van der Waals surface area contributed by atoms with Gasteiger partial charge in [0.1, 0.15) is 5.82 Å². The molecule has 0 bridgehead atoms. The van der Waals surface area contributed by atoms with E-state index in [1.165, 1.54) is 20.8 Å². The van der Waals surface area contributed by atoms with E-state index in [1.54, 1.807) is 5.32 Å². The van der Waals surface area contributed by atoms with Crippen molar-refractivity contribution in [3.63, 3.8) is 0 Å². The SMILES string of the molecule is CC(C)(O)C[C@](C)(N)c1cc(NC(=O)C(F)(F)F)ccc1F. The lowest BCUT2D eigenvalue weighted by molar-refractivity contribution is -0.167. The summed E-state index contributed by atoms with van der Waals surface area (Å²) in [4.78, 5) is 10.9. The molecule has 0 aliphatic rings. The molecule has 4 nitrogen and oxygen atoms in total. The molecule has 1 aromatic rings. The van der Waals surface area contributed by atoms with Gasteiger partial charge in [0, 0.05) is 16.8 Å². The molecule has 22 heavy (non-hydrogen) atoms. The molecule has 0 fully saturated rings. The molecule has 8 heteroatoms. The Morgan fingerprint density at radius 1 is 1.27 bits per heavy atom. The van der Waals surface area contributed by atoms with Crippen LogP contribution in [-0.4, -0.2) is 22.8 Å². The molecule has 0 unspecified atom stereocenters. The maximum atomic E-state index is 13.9. The number of nitrogens with two attached hydrogens (primary N) is 1. The summed E-state index contributed by atoms with van der Waals surface area (Å²) in [5, 5.41) is 11.4. The van der Waals surface area contributed by atoms with Gasteiger partial charge >= 0.3 is 12.1 Å². The first-order chi connectivity index (χ1) is 9.72. The van der Waals surface area contributed by atoms with Crippen LogP contribution in [0, 0.1) is 5.82 Å². The van der Waals surface area contributed by atoms with Gasteiger partial charge in [-0.3, -0.25) is 4.79 Å². The summed E-state index contributed by atoms with van der Waals surface area (Å²) < 4.78 is 50.6. The summed E-state index contributed by atoms with van der Waals surface area (Å²) in [5.41, 5.74) is 3.10. The number of carbonyl (C=O) groups is 1. The molecule has 0 radical (unpaired) electrons. The van der Waals surface area contributed by atoms with E-state index < -0.39 is 29.0 Å². The predicted molar refractivity (Wildman–Crippen MR) is 73.5 cm³/mol. The molecule has 0 heterocycles. The molecule has 0 aliphatic heterocycles. The van der Waals surface area contributed by atoms with Crippen LogP contribution < -0.4 is 11.1 Å². The third-order valence-electron chi connectivity index (χ3n) is 2.90. The van der Waals surface area contributed by atoms with Crippen LogP contribution >= 0.6 is 0 Å². The highest BCUT2D eigenvalue weighted by molar-refractivity contribution is 5.94. The second kappa shape index (κ2) is 5.85. The van der Waals surface area contributed by atoms with Crippen molar-refractivity contribution < 1.29 is 27.5 Å². The van der Waals surface area contributed by atoms with Crippen molar-refractivity contribution in [3.05, 3.63) is 29.6 Å². The molecule has 4 N–H and O–H groups in total. The Kier molecular flexibility index (Phi) is 4.88. The Labute approximate surface area is 125 Å². The van der Waals surface area contributed by atoms with Crippen LogP contribution in [0.5, 0.6) is 0 Å². The average molecular weight is 322 g/mol. The lowest BCUT2D eigenvalue weighted by Gasteiger charge is -2.32. The minimum atomic E-state index is -5.05. The van der Waals surface area contributed by atoms with E-state index in [-0.39, 0.29) is 17.7 Å². The monoisotopic (exact) mass is 322 g/mol. The average Bonchev–Trinajstić information content (AvgIpc) is 2.26. The Balaban J connectivity index is 3.12. The number of carbonyl (C=O) groups excluding carboxylic acids is 1. The van der Waals surface area contributed by atoms with E-state index in [0.29, 0.717) is 0 Å². The van der Waals surface area contributed by atoms with Gasteiger partial charge in [0.05, 0.1) is 5.60 Å². The van der Waals surface area contributed by atoms with Crippen LogP contribution in [0.1, 0.15) is 32.8 Å². The second-order valence-corrected chi connectivity index (χ2v) is 6.05. The molecule has 0 aliphatic carbocycles. The Bertz CT molecular complexity index is 563. The van der Waals surface area contributed by atoms with Gasteiger partial charge in [-0.15, -0.1) is 0 Å². The van der Waals surface area contributed by atoms with Crippen molar-refractivity contribution in [2.45, 2.75) is 44.5 Å². The highest BCUT2D eigenvalue weighted by Crippen LogP contribution is 2.31. The summed E-state index contributed by atoms with van der Waals surface area (Å²) >= 11 is 0. The highest BCUT2D eigenvalue weighted by Gasteiger charge is 2.39. The molecule has 0 saturated heterocycles. The van der Waals surface area contributed by atoms with Gasteiger partial charge in [-0.25, -0.2) is 4.39 Å². The van der Waals surface area contributed by atoms with Crippen molar-refractivity contribution in [2.24, 2.45) is 5.73 Å². The zero-order valence-corrected chi connectivity index (χ0v) is 12.4. The first kappa shape index (κ1) is 18.4. The Morgan fingerprint density at radius 2 is 1.82 bits per heavy atom. The molecule has 1 atom stereocenters. The number of aliphatic hydroxyl groups is 1. The van der Waals surface area contributed by atoms with Crippen LogP contribution in [0.4, 0.5) is 23.2 Å². The molecule has 1 aromatic carbocycles. The topological polar surface area (TPSA) is 75.3 Å². The molecular formula is C14H18F4N2O2. The number of halogens is 4. The van der Waals surface area contributed by atoms with Gasteiger partial charge in [-0.2, -0.15) is 13.2 Å². The van der Waals surface area contributed by atoms with Crippen LogP contribution in [-0.2, 0) is 10.3 Å². The smallest absolute Gasteiger partial charge is 0.390 e. The van der Waals surface area contributed by atoms with Crippen molar-refractivity contribution >= 4 is 11.6 Å². The number of rotatable bonds is 4. The first-order valence-electron chi connectivity index (χ1n) is 6.42. The molecule has 1 amide bonds. The van der Waals surface area contributed by atoms with Gasteiger partial charge < -0.3 is 16.2 Å². The van der Waals surface area contributed by atoms with Crippen LogP contribution in [0.2, 0.25) is 0 Å². The van der Waals surface area contributed by atoms with E-state index in [9.17, 15) is 27.5 Å². The molecule has 124 valence electrons. The summed E-state index contributed by atoms with van der Waals surface area (Å²) in [5.74, 6) is -2.90. The molecule has 0 spiro atoms. The van der Waals surface area contributed by atoms with Crippen molar-refractivity contribution in [3.8, 4) is 0 Å². The van der Waals surface area contributed by atoms with Gasteiger partial charge in [0.15, 0.2) is 0 Å². The quantitative estimate of drug-likeness (QED) is 0.746. The largest absolute Gasteiger partial charge is 0.471 e. The number of alkyl halides is 3. The van der Waals surface area contributed by atoms with Crippen LogP contribution in [0.15, 0.2) is 18.2 Å². The summed E-state index contributed by atoms with van der Waals surface area (Å²) in [6.07, 6.45) is -5.08. The zero-order chi connectivity index (χ0) is 17.3. The van der Waals surface area contributed by atoms with E-state index in [1.807, 2.05) is 0 Å². The van der Waals surface area contributed by atoms with Crippen molar-refractivity contribution in [2.75, 3.05) is 5.32 Å². The number of hydrogen-bond donors (Lipinski definition) is 3. The van der Waals surface area contributed by atoms with Crippen molar-refractivity contribution in [1.82, 2.24) is 0 Å². The second-order valence-electron chi connectivity index (χ2n) is 6.05. The normalized spacial score (nSPS) is 15.3. The van der Waals surface area contributed by atoms with E-state index >= 15 is 0 Å². The first-order valence-corrected chi connectivity index (χ1v) is 6.42. The maximum Gasteiger partial charge on any atom is 0.471 e. The molecule has 0 saturated carbocycles. The number of anilines is 1. The lowest BCUT2D eigenvalue weighted by atomic mass is 9.82. The minimum Gasteiger partial charge on any atom is -0.390 e. The lowest BCUT2D eigenvalue weighted by Crippen LogP contribution is -2.41. The van der Waals surface area contributed by atoms with E-state index in [2.05, 4.69) is 0 Å². The fourth-order valence-corrected chi connectivity index (χ4v) is 2.24. The number of nitrogens with one attached hydrogen (secondary N) is 1. The van der Waals surface area contributed by atoms with Gasteiger partial charge in [0.2, 0.25) is 0 Å². The third-order valence-corrected chi connectivity index (χ3v) is 2.90. The zero-order valence-electron chi connectivity index (χ0n) is 12.4. The maximum absolute atomic E-state index is 13.9. The number of hydrogen-bond acceptors (Lipinski definition) is 3. The molecule has 1 rings (SSSR count). The fraction of sp³-hybridized carbons (Fsp3) is 0.500. The summed E-state index contributed by atoms with van der Waals surface area (Å²) in [6, 6.07) is 2.95. The van der Waals surface area contributed by atoms with Gasteiger partial charge in [-0.1, -0.05) is 0 Å². The predicted octanol–water partition coefficient (Wildman–Crippen LogP) is 2.66. The van der Waals surface area contributed by atoms with Gasteiger partial charge in [0.25, 0.3) is 0 Å². The number of benzene rings is 1. The summed E-state index contributed by atoms with van der Waals surface area (Å²) in [6.45, 7) is 4.40. The standard InChI is InChI=1S/C14H18F4N2O2/c1-12(2,22)7-13(3,19)9-6-8(4-5-10(9)15)20-11(21)14(16,17)18/h4-6,22H,7,19H2,1-3H3,(H,20,21)/t13-/m0/s1. The molecule has 0 aromatic heterocycles. The Morgan fingerprint density at radius 3 is 2.27 bits per heavy atom. The minimum absolute atomic E-state index is 0.0341. The fourth-order valence-electron chi connectivity index (χ4n) is 2.24. The van der Waals surface area contributed by atoms with Crippen LogP contribution in [0.3, 0.4) is 0 Å². The third kappa shape index (κ3) is 4.96. The van der Waals surface area contributed by atoms with E-state index in [0.717, 1.165) is 18.2 Å². The van der Waals surface area contributed by atoms with Gasteiger partial charge in [-0.05, 0) is 45.4 Å².